The van der Waals surface area contributed by atoms with E-state index in [-0.39, 0.29) is 6.04 Å². The lowest BCUT2D eigenvalue weighted by atomic mass is 10.1. The Morgan fingerprint density at radius 3 is 2.75 bits per heavy atom. The normalized spacial score (nSPS) is 12.5. The van der Waals surface area contributed by atoms with Crippen molar-refractivity contribution in [3.8, 4) is 5.75 Å². The van der Waals surface area contributed by atoms with Crippen molar-refractivity contribution in [3.63, 3.8) is 0 Å². The lowest BCUT2D eigenvalue weighted by Gasteiger charge is -2.14. The summed E-state index contributed by atoms with van der Waals surface area (Å²) in [6, 6.07) is 5.82. The van der Waals surface area contributed by atoms with E-state index in [1.165, 1.54) is 0 Å². The number of ether oxygens (including phenoxy) is 2. The Hall–Kier alpha value is -0.580. The summed E-state index contributed by atoms with van der Waals surface area (Å²) in [5.74, 6) is 0.831. The van der Waals surface area contributed by atoms with Crippen LogP contribution >= 0.6 is 15.9 Å². The van der Waals surface area contributed by atoms with Crippen molar-refractivity contribution in [1.82, 2.24) is 0 Å². The van der Waals surface area contributed by atoms with Crippen LogP contribution in [0.25, 0.3) is 0 Å². The monoisotopic (exact) mass is 287 g/mol. The molecule has 1 unspecified atom stereocenters. The van der Waals surface area contributed by atoms with Crippen molar-refractivity contribution in [2.75, 3.05) is 19.8 Å². The fraction of sp³-hybridized carbons (Fsp3) is 0.500. The van der Waals surface area contributed by atoms with E-state index in [1.807, 2.05) is 32.0 Å². The Bertz CT molecular complexity index is 329. The van der Waals surface area contributed by atoms with E-state index in [1.54, 1.807) is 0 Å². The zero-order valence-corrected chi connectivity index (χ0v) is 11.3. The average Bonchev–Trinajstić information content (AvgIpc) is 2.26. The van der Waals surface area contributed by atoms with Gasteiger partial charge < -0.3 is 15.2 Å². The topological polar surface area (TPSA) is 44.5 Å². The maximum atomic E-state index is 5.88. The lowest BCUT2D eigenvalue weighted by molar-refractivity contribution is 0.109. The molecule has 0 amide bonds. The number of nitrogens with two attached hydrogens (primary N) is 1. The van der Waals surface area contributed by atoms with Crippen LogP contribution in [0.1, 0.15) is 25.5 Å². The molecule has 0 fully saturated rings. The maximum Gasteiger partial charge on any atom is 0.124 e. The number of hydrogen-bond donors (Lipinski definition) is 1. The second-order valence-corrected chi connectivity index (χ2v) is 4.43. The number of benzene rings is 1. The highest BCUT2D eigenvalue weighted by molar-refractivity contribution is 9.10. The Morgan fingerprint density at radius 1 is 1.38 bits per heavy atom. The second-order valence-electron chi connectivity index (χ2n) is 3.52. The van der Waals surface area contributed by atoms with Crippen molar-refractivity contribution >= 4 is 15.9 Å². The van der Waals surface area contributed by atoms with Gasteiger partial charge in [-0.05, 0) is 32.0 Å². The van der Waals surface area contributed by atoms with Gasteiger partial charge in [0.05, 0.1) is 6.61 Å². The van der Waals surface area contributed by atoms with Crippen LogP contribution in [0.4, 0.5) is 0 Å². The summed E-state index contributed by atoms with van der Waals surface area (Å²) in [6.07, 6.45) is 0. The Labute approximate surface area is 105 Å². The molecule has 0 aromatic heterocycles. The molecule has 16 heavy (non-hydrogen) atoms. The van der Waals surface area contributed by atoms with Gasteiger partial charge in [0.1, 0.15) is 12.4 Å². The van der Waals surface area contributed by atoms with Crippen LogP contribution in [-0.4, -0.2) is 19.8 Å². The number of halogens is 1. The predicted molar refractivity (Wildman–Crippen MR) is 68.7 cm³/mol. The van der Waals surface area contributed by atoms with Gasteiger partial charge in [0.15, 0.2) is 0 Å². The molecule has 1 aromatic rings. The molecule has 1 aromatic carbocycles. The SMILES string of the molecule is CCOCCOc1ccc(Br)cc1C(C)N. The molecule has 1 rings (SSSR count). The van der Waals surface area contributed by atoms with E-state index in [0.29, 0.717) is 19.8 Å². The van der Waals surface area contributed by atoms with Crippen LogP contribution in [0.5, 0.6) is 5.75 Å². The minimum atomic E-state index is -0.0420. The lowest BCUT2D eigenvalue weighted by Crippen LogP contribution is -2.11. The molecule has 3 nitrogen and oxygen atoms in total. The molecule has 4 heteroatoms. The van der Waals surface area contributed by atoms with Crippen LogP contribution in [0.2, 0.25) is 0 Å². The predicted octanol–water partition coefficient (Wildman–Crippen LogP) is 2.88. The van der Waals surface area contributed by atoms with Gasteiger partial charge in [0.2, 0.25) is 0 Å². The van der Waals surface area contributed by atoms with E-state index in [0.717, 1.165) is 15.8 Å². The molecule has 0 radical (unpaired) electrons. The van der Waals surface area contributed by atoms with Crippen LogP contribution in [0, 0.1) is 0 Å². The largest absolute Gasteiger partial charge is 0.491 e. The highest BCUT2D eigenvalue weighted by atomic mass is 79.9. The van der Waals surface area contributed by atoms with E-state index < -0.39 is 0 Å². The summed E-state index contributed by atoms with van der Waals surface area (Å²) < 4.78 is 11.9. The zero-order chi connectivity index (χ0) is 12.0. The summed E-state index contributed by atoms with van der Waals surface area (Å²) in [7, 11) is 0. The molecular formula is C12H18BrNO2. The van der Waals surface area contributed by atoms with Crippen molar-refractivity contribution in [3.05, 3.63) is 28.2 Å². The number of hydrogen-bond acceptors (Lipinski definition) is 3. The average molecular weight is 288 g/mol. The van der Waals surface area contributed by atoms with Crippen LogP contribution in [0.3, 0.4) is 0 Å². The molecule has 90 valence electrons. The maximum absolute atomic E-state index is 5.88. The first-order valence-electron chi connectivity index (χ1n) is 5.40. The molecule has 0 heterocycles. The molecule has 0 aliphatic heterocycles. The van der Waals surface area contributed by atoms with Crippen molar-refractivity contribution in [1.29, 1.82) is 0 Å². The molecule has 0 spiro atoms. The van der Waals surface area contributed by atoms with Gasteiger partial charge >= 0.3 is 0 Å². The summed E-state index contributed by atoms with van der Waals surface area (Å²) >= 11 is 3.42. The van der Waals surface area contributed by atoms with Crippen molar-refractivity contribution in [2.24, 2.45) is 5.73 Å². The third-order valence-electron chi connectivity index (χ3n) is 2.15. The zero-order valence-electron chi connectivity index (χ0n) is 9.70. The summed E-state index contributed by atoms with van der Waals surface area (Å²) in [5, 5.41) is 0. The Balaban J connectivity index is 2.64. The third kappa shape index (κ3) is 4.12. The number of rotatable bonds is 6. The molecule has 0 aliphatic rings. The van der Waals surface area contributed by atoms with Gasteiger partial charge in [0, 0.05) is 22.7 Å². The molecular weight excluding hydrogens is 270 g/mol. The standard InChI is InChI=1S/C12H18BrNO2/c1-3-15-6-7-16-12-5-4-10(13)8-11(12)9(2)14/h4-5,8-9H,3,6-7,14H2,1-2H3. The van der Waals surface area contributed by atoms with Gasteiger partial charge in [-0.1, -0.05) is 15.9 Å². The second kappa shape index (κ2) is 6.89. The van der Waals surface area contributed by atoms with Gasteiger partial charge in [-0.2, -0.15) is 0 Å². The fourth-order valence-electron chi connectivity index (χ4n) is 1.36. The van der Waals surface area contributed by atoms with E-state index in [9.17, 15) is 0 Å². The minimum Gasteiger partial charge on any atom is -0.491 e. The van der Waals surface area contributed by atoms with Gasteiger partial charge in [-0.25, -0.2) is 0 Å². The first-order valence-corrected chi connectivity index (χ1v) is 6.20. The fourth-order valence-corrected chi connectivity index (χ4v) is 1.74. The van der Waals surface area contributed by atoms with Crippen LogP contribution in [-0.2, 0) is 4.74 Å². The Morgan fingerprint density at radius 2 is 2.12 bits per heavy atom. The first-order chi connectivity index (χ1) is 7.65. The molecule has 0 saturated carbocycles. The van der Waals surface area contributed by atoms with Gasteiger partial charge in [0.25, 0.3) is 0 Å². The highest BCUT2D eigenvalue weighted by Gasteiger charge is 2.08. The first kappa shape index (κ1) is 13.5. The quantitative estimate of drug-likeness (QED) is 0.819. The summed E-state index contributed by atoms with van der Waals surface area (Å²) in [5.41, 5.74) is 6.89. The van der Waals surface area contributed by atoms with Crippen molar-refractivity contribution < 1.29 is 9.47 Å². The smallest absolute Gasteiger partial charge is 0.124 e. The van der Waals surface area contributed by atoms with Crippen LogP contribution < -0.4 is 10.5 Å². The molecule has 0 saturated heterocycles. The van der Waals surface area contributed by atoms with E-state index >= 15 is 0 Å². The molecule has 0 bridgehead atoms. The molecule has 2 N–H and O–H groups in total. The third-order valence-corrected chi connectivity index (χ3v) is 2.65. The minimum absolute atomic E-state index is 0.0420. The van der Waals surface area contributed by atoms with Gasteiger partial charge in [-0.15, -0.1) is 0 Å². The summed E-state index contributed by atoms with van der Waals surface area (Å²) in [4.78, 5) is 0. The van der Waals surface area contributed by atoms with E-state index in [2.05, 4.69) is 15.9 Å². The van der Waals surface area contributed by atoms with E-state index in [4.69, 9.17) is 15.2 Å². The molecule has 1 atom stereocenters. The Kier molecular flexibility index (Phi) is 5.80. The highest BCUT2D eigenvalue weighted by Crippen LogP contribution is 2.27. The van der Waals surface area contributed by atoms with Crippen LogP contribution in [0.15, 0.2) is 22.7 Å². The summed E-state index contributed by atoms with van der Waals surface area (Å²) in [6.45, 7) is 5.77. The molecule has 0 aliphatic carbocycles. The van der Waals surface area contributed by atoms with Gasteiger partial charge in [-0.3, -0.25) is 0 Å². The van der Waals surface area contributed by atoms with Crippen molar-refractivity contribution in [2.45, 2.75) is 19.9 Å².